The Hall–Kier alpha value is -0.686. The Balaban J connectivity index is 0.00000146. The molecule has 3 N–H and O–H groups in total. The number of hydrogen-bond donors (Lipinski definition) is 3. The van der Waals surface area contributed by atoms with Crippen LogP contribution in [0, 0.1) is 23.7 Å². The first-order chi connectivity index (χ1) is 31.6. The van der Waals surface area contributed by atoms with E-state index in [1.54, 1.807) is 47.8 Å². The van der Waals surface area contributed by atoms with E-state index in [4.69, 9.17) is 42.0 Å². The highest BCUT2D eigenvalue weighted by Gasteiger charge is 2.55. The molecule has 4 fully saturated rings. The van der Waals surface area contributed by atoms with E-state index in [-0.39, 0.29) is 37.2 Å². The predicted octanol–water partition coefficient (Wildman–Crippen LogP) is 8.26. The summed E-state index contributed by atoms with van der Waals surface area (Å²) < 4.78 is 58.0. The molecule has 4 saturated heterocycles. The molecular weight excluding hydrogens is 987 g/mol. The number of alkyl halides is 1. The Bertz CT molecular complexity index is 1570. The van der Waals surface area contributed by atoms with Crippen LogP contribution < -0.4 is 0 Å². The molecule has 69 heavy (non-hydrogen) atoms. The van der Waals surface area contributed by atoms with Gasteiger partial charge in [-0.05, 0) is 134 Å². The molecule has 0 aliphatic carbocycles. The van der Waals surface area contributed by atoms with Gasteiger partial charge in [0.05, 0.1) is 59.8 Å². The maximum atomic E-state index is 14.4. The van der Waals surface area contributed by atoms with Crippen LogP contribution in [0.15, 0.2) is 12.7 Å². The van der Waals surface area contributed by atoms with Gasteiger partial charge in [-0.1, -0.05) is 49.7 Å². The van der Waals surface area contributed by atoms with Crippen LogP contribution in [-0.4, -0.2) is 172 Å². The van der Waals surface area contributed by atoms with Crippen molar-refractivity contribution in [3.8, 4) is 0 Å². The zero-order chi connectivity index (χ0) is 53.2. The van der Waals surface area contributed by atoms with Gasteiger partial charge in [0.2, 0.25) is 0 Å². The number of allylic oxidation sites excluding steroid dienone is 1. The average Bonchev–Trinajstić information content (AvgIpc) is 3.73. The number of aliphatic hydroxyl groups is 3. The first kappa shape index (κ1) is 64.4. The van der Waals surface area contributed by atoms with Crippen molar-refractivity contribution in [3.05, 3.63) is 12.7 Å². The number of carbonyl (C=O) groups excluding carboxylic acids is 2. The summed E-state index contributed by atoms with van der Waals surface area (Å²) in [5.41, 5.74) is -4.53. The summed E-state index contributed by atoms with van der Waals surface area (Å²) in [7, 11) is 1.40. The molecular formula is C51H98BrNO14Si2. The smallest absolute Gasteiger partial charge is 0.311 e. The highest BCUT2D eigenvalue weighted by Crippen LogP contribution is 2.42. The molecule has 406 valence electrons. The van der Waals surface area contributed by atoms with E-state index in [0.717, 1.165) is 11.9 Å². The number of rotatable bonds is 12. The van der Waals surface area contributed by atoms with Crippen molar-refractivity contribution < 1.29 is 66.9 Å². The topological polar surface area (TPSA) is 181 Å². The normalized spacial score (nSPS) is 42.0. The number of Topliss-reactive ketones (excluding diaryl/α,β-unsaturated/α-hetero) is 1. The molecule has 4 rings (SSSR count). The van der Waals surface area contributed by atoms with Gasteiger partial charge in [-0.3, -0.25) is 9.59 Å². The van der Waals surface area contributed by atoms with E-state index in [1.165, 1.54) is 19.8 Å². The van der Waals surface area contributed by atoms with Crippen molar-refractivity contribution >= 4 is 44.3 Å². The molecule has 0 amide bonds. The molecule has 0 aromatic rings. The third-order valence-corrected chi connectivity index (χ3v) is 16.4. The SMILES string of the molecule is C=CCBr.CC1CCCO1.CC[C@H]1OC(=O)[C@H](C)[C@@H](O[C@H]2CC(C)(OC)[C@@H](O[Si](C)(C)C)[C@H](C)O2)[C@H](C)[C@@H](O[C@@H]2O[C@H](C)C[C@H](N(C)C)[C@H]2O[Si](C)(C)C)[C@](C)(O)C[C@@H](C)C(=O)[C@H](C)[C@@H](O)[C@]1(C)O. The number of hydrogen-bond acceptors (Lipinski definition) is 15. The monoisotopic (exact) mass is 1080 g/mol. The molecule has 0 bridgehead atoms. The Morgan fingerprint density at radius 3 is 1.88 bits per heavy atom. The van der Waals surface area contributed by atoms with Crippen LogP contribution in [0.25, 0.3) is 0 Å². The number of methoxy groups -OCH3 is 1. The van der Waals surface area contributed by atoms with Crippen LogP contribution in [-0.2, 0) is 51.6 Å². The predicted molar refractivity (Wildman–Crippen MR) is 279 cm³/mol. The Labute approximate surface area is 428 Å². The molecule has 15 nitrogen and oxygen atoms in total. The van der Waals surface area contributed by atoms with Crippen molar-refractivity contribution in [2.45, 2.75) is 244 Å². The fraction of sp³-hybridized carbons (Fsp3) is 0.922. The number of ether oxygens (including phenoxy) is 7. The Morgan fingerprint density at radius 1 is 0.855 bits per heavy atom. The Morgan fingerprint density at radius 2 is 1.43 bits per heavy atom. The van der Waals surface area contributed by atoms with Gasteiger partial charge >= 0.3 is 5.97 Å². The summed E-state index contributed by atoms with van der Waals surface area (Å²) in [5, 5.41) is 37.0. The standard InChI is InChI=1S/C43H83NO13Si2.C5H10O.C3H5Br/c1-20-31-43(10,49)36(46)26(4)33(45)24(2)22-41(8,48)37(55-40-35(56-58(14,15)16)30(44(11)12)21-25(3)51-40)27(5)34(28(6)39(47)53-31)54-32-23-42(9,50-13)38(29(7)52-32)57-59(17,18)19;1-5-3-2-4-6-5;1-2-3-4/h24-32,34-38,40,46,48-49H,20-23H2,1-19H3;5H,2-4H2,1H3;2H,1,3H2/t24-,25-,26+,27+,28-,29+,30+,31-,32+,34+,35-,36-,37-,38+,40+,41-,42?,43-;;/m1../s1. The van der Waals surface area contributed by atoms with Crippen molar-refractivity contribution in [1.29, 1.82) is 0 Å². The molecule has 19 atom stereocenters. The summed E-state index contributed by atoms with van der Waals surface area (Å²) in [6.07, 6.45) is -2.36. The van der Waals surface area contributed by atoms with Crippen LogP contribution in [0.2, 0.25) is 39.3 Å². The van der Waals surface area contributed by atoms with Crippen molar-refractivity contribution in [1.82, 2.24) is 4.90 Å². The minimum absolute atomic E-state index is 0.0733. The first-order valence-electron chi connectivity index (χ1n) is 25.5. The summed E-state index contributed by atoms with van der Waals surface area (Å²) in [5.74, 6) is -4.67. The fourth-order valence-corrected chi connectivity index (χ4v) is 12.5. The average molecular weight is 1090 g/mol. The maximum Gasteiger partial charge on any atom is 0.311 e. The lowest BCUT2D eigenvalue weighted by molar-refractivity contribution is -0.315. The number of ketones is 1. The minimum atomic E-state index is -2.19. The van der Waals surface area contributed by atoms with Gasteiger partial charge in [0.1, 0.15) is 23.6 Å². The van der Waals surface area contributed by atoms with Gasteiger partial charge in [-0.2, -0.15) is 0 Å². The number of likely N-dealkylation sites (N-methyl/N-ethyl adjacent to an activating group) is 1. The van der Waals surface area contributed by atoms with Crippen molar-refractivity contribution in [2.24, 2.45) is 23.7 Å². The second kappa shape index (κ2) is 27.2. The van der Waals surface area contributed by atoms with E-state index in [0.29, 0.717) is 12.5 Å². The molecule has 0 radical (unpaired) electrons. The molecule has 0 aromatic heterocycles. The van der Waals surface area contributed by atoms with E-state index in [9.17, 15) is 24.9 Å². The fourth-order valence-electron chi connectivity index (χ4n) is 10.3. The second-order valence-corrected chi connectivity index (χ2v) is 32.7. The summed E-state index contributed by atoms with van der Waals surface area (Å²) in [4.78, 5) is 30.6. The molecule has 4 heterocycles. The van der Waals surface area contributed by atoms with Crippen LogP contribution in [0.5, 0.6) is 0 Å². The van der Waals surface area contributed by atoms with Gasteiger partial charge in [0, 0.05) is 49.3 Å². The number of nitrogens with zero attached hydrogens (tertiary/aromatic N) is 1. The lowest BCUT2D eigenvalue weighted by Gasteiger charge is -2.51. The zero-order valence-electron chi connectivity index (χ0n) is 46.3. The lowest BCUT2D eigenvalue weighted by atomic mass is 9.74. The van der Waals surface area contributed by atoms with E-state index >= 15 is 0 Å². The molecule has 0 spiro atoms. The number of esters is 1. The number of aliphatic hydroxyl groups excluding tert-OH is 1. The Kier molecular flexibility index (Phi) is 25.4. The van der Waals surface area contributed by atoms with Gasteiger partial charge < -0.3 is 62.2 Å². The highest BCUT2D eigenvalue weighted by atomic mass is 79.9. The molecule has 0 saturated carbocycles. The molecule has 2 unspecified atom stereocenters. The van der Waals surface area contributed by atoms with E-state index in [2.05, 4.69) is 73.6 Å². The van der Waals surface area contributed by atoms with Gasteiger partial charge in [-0.25, -0.2) is 0 Å². The van der Waals surface area contributed by atoms with Crippen LogP contribution in [0.1, 0.15) is 115 Å². The van der Waals surface area contributed by atoms with Gasteiger partial charge in [-0.15, -0.1) is 6.58 Å². The number of halogens is 1. The second-order valence-electron chi connectivity index (χ2n) is 23.1. The largest absolute Gasteiger partial charge is 0.459 e. The summed E-state index contributed by atoms with van der Waals surface area (Å²) in [6, 6.07) is -0.0769. The van der Waals surface area contributed by atoms with E-state index < -0.39 is 118 Å². The van der Waals surface area contributed by atoms with E-state index in [1.807, 2.05) is 41.8 Å². The lowest BCUT2D eigenvalue weighted by Crippen LogP contribution is -2.62. The van der Waals surface area contributed by atoms with Crippen LogP contribution >= 0.6 is 15.9 Å². The third-order valence-electron chi connectivity index (χ3n) is 14.0. The van der Waals surface area contributed by atoms with Crippen molar-refractivity contribution in [2.75, 3.05) is 33.1 Å². The number of carbonyl (C=O) groups is 2. The van der Waals surface area contributed by atoms with Crippen LogP contribution in [0.3, 0.4) is 0 Å². The summed E-state index contributed by atoms with van der Waals surface area (Å²) >= 11 is 3.13. The summed E-state index contributed by atoms with van der Waals surface area (Å²) in [6.45, 7) is 36.6. The molecule has 0 aromatic carbocycles. The van der Waals surface area contributed by atoms with Crippen LogP contribution in [0.4, 0.5) is 0 Å². The molecule has 4 aliphatic heterocycles. The zero-order valence-corrected chi connectivity index (χ0v) is 49.9. The third kappa shape index (κ3) is 18.6. The highest BCUT2D eigenvalue weighted by molar-refractivity contribution is 9.09. The van der Waals surface area contributed by atoms with Gasteiger partial charge in [0.25, 0.3) is 0 Å². The molecule has 18 heteroatoms. The minimum Gasteiger partial charge on any atom is -0.459 e. The first-order valence-corrected chi connectivity index (χ1v) is 33.4. The quantitative estimate of drug-likeness (QED) is 0.0735. The molecule has 4 aliphatic rings. The maximum absolute atomic E-state index is 14.4. The number of cyclic esters (lactones) is 1. The van der Waals surface area contributed by atoms with Crippen molar-refractivity contribution in [3.63, 3.8) is 0 Å². The van der Waals surface area contributed by atoms with Gasteiger partial charge in [0.15, 0.2) is 29.2 Å².